The lowest BCUT2D eigenvalue weighted by Crippen LogP contribution is -2.49. The largest absolute Gasteiger partial charge is 0.369 e. The molecule has 0 bridgehead atoms. The van der Waals surface area contributed by atoms with Gasteiger partial charge in [-0.3, -0.25) is 19.2 Å². The van der Waals surface area contributed by atoms with E-state index in [9.17, 15) is 19.2 Å². The van der Waals surface area contributed by atoms with Gasteiger partial charge in [-0.1, -0.05) is 68.3 Å². The quantitative estimate of drug-likeness (QED) is 0.502. The molecule has 1 fully saturated rings. The number of nitrogens with two attached hydrogens (primary N) is 1. The molecule has 0 radical (unpaired) electrons. The molecule has 2 aromatic carbocycles. The molecule has 0 saturated heterocycles. The second-order valence-electron chi connectivity index (χ2n) is 9.06. The van der Waals surface area contributed by atoms with Crippen LogP contribution in [0.2, 0.25) is 0 Å². The van der Waals surface area contributed by atoms with Crippen molar-refractivity contribution in [3.05, 3.63) is 71.8 Å². The first-order valence-electron chi connectivity index (χ1n) is 11.9. The number of Topliss-reactive ketones (excluding diaryl/α,β-unsaturated/α-hetero) is 1. The van der Waals surface area contributed by atoms with Crippen LogP contribution in [0.1, 0.15) is 54.9 Å². The minimum Gasteiger partial charge on any atom is -0.369 e. The standard InChI is InChI=1S/C27H33N3O4/c1-18(26(33)29-22-15-9-8-14-21(22)25(28)32)16-24(31)23(17-19-10-4-2-5-11-19)30-27(34)20-12-6-3-7-13-20/h2-7,10-13,18,21-23H,8-9,14-17H2,1H3,(H2,28,32)(H,29,33)(H,30,34)/t18?,21-,22-,23+/m1/s1. The zero-order chi connectivity index (χ0) is 24.5. The average molecular weight is 464 g/mol. The molecule has 1 unspecified atom stereocenters. The summed E-state index contributed by atoms with van der Waals surface area (Å²) in [5.74, 6) is -2.21. The molecule has 1 aliphatic carbocycles. The Kier molecular flexibility index (Phi) is 8.96. The summed E-state index contributed by atoms with van der Waals surface area (Å²) in [4.78, 5) is 50.6. The molecule has 180 valence electrons. The van der Waals surface area contributed by atoms with Gasteiger partial charge in [0.05, 0.1) is 12.0 Å². The molecule has 34 heavy (non-hydrogen) atoms. The lowest BCUT2D eigenvalue weighted by atomic mass is 9.83. The lowest BCUT2D eigenvalue weighted by Gasteiger charge is -2.31. The highest BCUT2D eigenvalue weighted by Crippen LogP contribution is 2.24. The van der Waals surface area contributed by atoms with Gasteiger partial charge >= 0.3 is 0 Å². The van der Waals surface area contributed by atoms with E-state index < -0.39 is 17.9 Å². The summed E-state index contributed by atoms with van der Waals surface area (Å²) >= 11 is 0. The van der Waals surface area contributed by atoms with Crippen molar-refractivity contribution in [3.8, 4) is 0 Å². The van der Waals surface area contributed by atoms with Crippen LogP contribution in [-0.4, -0.2) is 35.6 Å². The van der Waals surface area contributed by atoms with Gasteiger partial charge in [0.1, 0.15) is 0 Å². The average Bonchev–Trinajstić information content (AvgIpc) is 2.84. The maximum absolute atomic E-state index is 13.2. The van der Waals surface area contributed by atoms with Crippen molar-refractivity contribution in [2.75, 3.05) is 0 Å². The second-order valence-corrected chi connectivity index (χ2v) is 9.06. The number of amides is 3. The Hall–Kier alpha value is -3.48. The topological polar surface area (TPSA) is 118 Å². The third kappa shape index (κ3) is 7.01. The van der Waals surface area contributed by atoms with Crippen LogP contribution >= 0.6 is 0 Å². The number of ketones is 1. The highest BCUT2D eigenvalue weighted by molar-refractivity contribution is 5.98. The first kappa shape index (κ1) is 25.1. The van der Waals surface area contributed by atoms with Crippen LogP contribution in [0.25, 0.3) is 0 Å². The fourth-order valence-electron chi connectivity index (χ4n) is 4.43. The molecule has 1 saturated carbocycles. The number of hydrogen-bond acceptors (Lipinski definition) is 4. The van der Waals surface area contributed by atoms with Crippen LogP contribution in [0.4, 0.5) is 0 Å². The lowest BCUT2D eigenvalue weighted by molar-refractivity contribution is -0.131. The molecule has 7 nitrogen and oxygen atoms in total. The smallest absolute Gasteiger partial charge is 0.251 e. The van der Waals surface area contributed by atoms with Gasteiger partial charge in [0.15, 0.2) is 5.78 Å². The fourth-order valence-corrected chi connectivity index (χ4v) is 4.43. The SMILES string of the molecule is CC(CC(=O)[C@H](Cc1ccccc1)NC(=O)c1ccccc1)C(=O)N[C@@H]1CCCC[C@H]1C(N)=O. The van der Waals surface area contributed by atoms with Crippen molar-refractivity contribution in [2.24, 2.45) is 17.6 Å². The van der Waals surface area contributed by atoms with Crippen LogP contribution in [-0.2, 0) is 20.8 Å². The predicted molar refractivity (Wildman–Crippen MR) is 130 cm³/mol. The Morgan fingerprint density at radius 1 is 0.941 bits per heavy atom. The third-order valence-corrected chi connectivity index (χ3v) is 6.43. The molecule has 7 heteroatoms. The molecule has 0 spiro atoms. The van der Waals surface area contributed by atoms with E-state index >= 15 is 0 Å². The second kappa shape index (κ2) is 12.1. The normalized spacial score (nSPS) is 19.4. The van der Waals surface area contributed by atoms with E-state index in [1.54, 1.807) is 31.2 Å². The summed E-state index contributed by atoms with van der Waals surface area (Å²) in [6.07, 6.45) is 3.51. The predicted octanol–water partition coefficient (Wildman–Crippen LogP) is 2.78. The third-order valence-electron chi connectivity index (χ3n) is 6.43. The van der Waals surface area contributed by atoms with Crippen molar-refractivity contribution >= 4 is 23.5 Å². The highest BCUT2D eigenvalue weighted by Gasteiger charge is 2.32. The zero-order valence-corrected chi connectivity index (χ0v) is 19.5. The Morgan fingerprint density at radius 2 is 1.56 bits per heavy atom. The van der Waals surface area contributed by atoms with Gasteiger partial charge in [0.2, 0.25) is 11.8 Å². The molecular formula is C27H33N3O4. The van der Waals surface area contributed by atoms with Crippen LogP contribution in [0, 0.1) is 11.8 Å². The summed E-state index contributed by atoms with van der Waals surface area (Å²) in [6.45, 7) is 1.69. The van der Waals surface area contributed by atoms with E-state index in [4.69, 9.17) is 5.73 Å². The van der Waals surface area contributed by atoms with E-state index in [1.165, 1.54) is 0 Å². The van der Waals surface area contributed by atoms with E-state index in [0.717, 1.165) is 18.4 Å². The van der Waals surface area contributed by atoms with Crippen LogP contribution < -0.4 is 16.4 Å². The fraction of sp³-hybridized carbons (Fsp3) is 0.407. The zero-order valence-electron chi connectivity index (χ0n) is 19.5. The monoisotopic (exact) mass is 463 g/mol. The molecule has 3 rings (SSSR count). The molecule has 0 heterocycles. The maximum atomic E-state index is 13.2. The first-order valence-corrected chi connectivity index (χ1v) is 11.9. The van der Waals surface area contributed by atoms with Crippen LogP contribution in [0.15, 0.2) is 60.7 Å². The minimum atomic E-state index is -0.765. The van der Waals surface area contributed by atoms with Gasteiger partial charge in [-0.25, -0.2) is 0 Å². The molecule has 0 aromatic heterocycles. The van der Waals surface area contributed by atoms with Crippen molar-refractivity contribution in [1.82, 2.24) is 10.6 Å². The summed E-state index contributed by atoms with van der Waals surface area (Å²) in [5, 5.41) is 5.78. The van der Waals surface area contributed by atoms with Crippen LogP contribution in [0.3, 0.4) is 0 Å². The van der Waals surface area contributed by atoms with Gasteiger partial charge in [0.25, 0.3) is 5.91 Å². The Balaban J connectivity index is 1.66. The van der Waals surface area contributed by atoms with E-state index in [1.807, 2.05) is 36.4 Å². The Bertz CT molecular complexity index is 993. The van der Waals surface area contributed by atoms with Crippen LogP contribution in [0.5, 0.6) is 0 Å². The summed E-state index contributed by atoms with van der Waals surface area (Å²) in [5.41, 5.74) is 6.89. The molecular weight excluding hydrogens is 430 g/mol. The van der Waals surface area contributed by atoms with E-state index in [-0.39, 0.29) is 36.0 Å². The molecule has 1 aliphatic rings. The van der Waals surface area contributed by atoms with Crippen molar-refractivity contribution < 1.29 is 19.2 Å². The Labute approximate surface area is 200 Å². The van der Waals surface area contributed by atoms with Gasteiger partial charge < -0.3 is 16.4 Å². The summed E-state index contributed by atoms with van der Waals surface area (Å²) in [7, 11) is 0. The number of nitrogens with one attached hydrogen (secondary N) is 2. The van der Waals surface area contributed by atoms with Crippen molar-refractivity contribution in [1.29, 1.82) is 0 Å². The minimum absolute atomic E-state index is 0.0215. The molecule has 2 aromatic rings. The number of primary amides is 1. The van der Waals surface area contributed by atoms with Crippen molar-refractivity contribution in [3.63, 3.8) is 0 Å². The highest BCUT2D eigenvalue weighted by atomic mass is 16.2. The molecule has 4 N–H and O–H groups in total. The summed E-state index contributed by atoms with van der Waals surface area (Å²) < 4.78 is 0. The molecule has 3 amide bonds. The van der Waals surface area contributed by atoms with Crippen molar-refractivity contribution in [2.45, 2.75) is 57.5 Å². The number of benzene rings is 2. The van der Waals surface area contributed by atoms with Gasteiger partial charge in [-0.05, 0) is 37.0 Å². The number of rotatable bonds is 10. The van der Waals surface area contributed by atoms with E-state index in [0.29, 0.717) is 24.8 Å². The number of carbonyl (C=O) groups is 4. The van der Waals surface area contributed by atoms with Gasteiger partial charge in [0, 0.05) is 23.9 Å². The first-order chi connectivity index (χ1) is 16.3. The molecule has 0 aliphatic heterocycles. The van der Waals surface area contributed by atoms with Gasteiger partial charge in [-0.15, -0.1) is 0 Å². The molecule has 4 atom stereocenters. The number of hydrogen-bond donors (Lipinski definition) is 3. The summed E-state index contributed by atoms with van der Waals surface area (Å²) in [6, 6.07) is 17.1. The van der Waals surface area contributed by atoms with Gasteiger partial charge in [-0.2, -0.15) is 0 Å². The Morgan fingerprint density at radius 3 is 2.21 bits per heavy atom. The number of carbonyl (C=O) groups excluding carboxylic acids is 4. The maximum Gasteiger partial charge on any atom is 0.251 e. The van der Waals surface area contributed by atoms with E-state index in [2.05, 4.69) is 10.6 Å².